The van der Waals surface area contributed by atoms with Gasteiger partial charge in [-0.25, -0.2) is 0 Å². The zero-order valence-electron chi connectivity index (χ0n) is 13.6. The van der Waals surface area contributed by atoms with Crippen LogP contribution in [0.4, 0.5) is 0 Å². The minimum atomic E-state index is 0.726. The summed E-state index contributed by atoms with van der Waals surface area (Å²) in [4.78, 5) is 2.56. The predicted octanol–water partition coefficient (Wildman–Crippen LogP) is 3.64. The van der Waals surface area contributed by atoms with Crippen molar-refractivity contribution in [2.24, 2.45) is 0 Å². The van der Waals surface area contributed by atoms with Crippen LogP contribution in [0.15, 0.2) is 42.0 Å². The van der Waals surface area contributed by atoms with Crippen LogP contribution >= 0.6 is 0 Å². The van der Waals surface area contributed by atoms with Crippen LogP contribution in [0.2, 0.25) is 0 Å². The number of piperidine rings is 1. The molecule has 2 nitrogen and oxygen atoms in total. The van der Waals surface area contributed by atoms with E-state index in [0.29, 0.717) is 0 Å². The van der Waals surface area contributed by atoms with E-state index >= 15 is 0 Å². The lowest BCUT2D eigenvalue weighted by Crippen LogP contribution is -2.42. The van der Waals surface area contributed by atoms with Gasteiger partial charge in [-0.05, 0) is 64.7 Å². The van der Waals surface area contributed by atoms with Crippen LogP contribution in [0.1, 0.15) is 38.7 Å². The molecule has 1 fully saturated rings. The summed E-state index contributed by atoms with van der Waals surface area (Å²) in [5.41, 5.74) is 2.88. The predicted molar refractivity (Wildman–Crippen MR) is 91.7 cm³/mol. The zero-order chi connectivity index (χ0) is 14.9. The summed E-state index contributed by atoms with van der Waals surface area (Å²) >= 11 is 0. The Hall–Kier alpha value is -1.12. The summed E-state index contributed by atoms with van der Waals surface area (Å²) in [7, 11) is 0. The van der Waals surface area contributed by atoms with Gasteiger partial charge < -0.3 is 5.32 Å². The highest BCUT2D eigenvalue weighted by Gasteiger charge is 2.17. The standard InChI is InChI=1S/C19H30N2/c1-17(2)10-14-21-15-11-19(12-16-21)20-13-6-9-18-7-4-3-5-8-18/h3-5,7-8,10,19-20H,6,9,11-16H2,1-2H3. The van der Waals surface area contributed by atoms with Gasteiger partial charge in [0.2, 0.25) is 0 Å². The van der Waals surface area contributed by atoms with Crippen LogP contribution in [-0.2, 0) is 6.42 Å². The van der Waals surface area contributed by atoms with E-state index in [9.17, 15) is 0 Å². The number of nitrogens with zero attached hydrogens (tertiary/aromatic N) is 1. The fraction of sp³-hybridized carbons (Fsp3) is 0.579. The number of hydrogen-bond donors (Lipinski definition) is 1. The molecule has 2 heteroatoms. The van der Waals surface area contributed by atoms with Gasteiger partial charge in [0.05, 0.1) is 0 Å². The Bertz CT molecular complexity index is 412. The minimum Gasteiger partial charge on any atom is -0.314 e. The second-order valence-corrected chi connectivity index (χ2v) is 6.40. The Morgan fingerprint density at radius 3 is 2.57 bits per heavy atom. The highest BCUT2D eigenvalue weighted by Crippen LogP contribution is 2.11. The van der Waals surface area contributed by atoms with Crippen molar-refractivity contribution < 1.29 is 0 Å². The van der Waals surface area contributed by atoms with Crippen molar-refractivity contribution in [3.63, 3.8) is 0 Å². The highest BCUT2D eigenvalue weighted by atomic mass is 15.1. The van der Waals surface area contributed by atoms with Gasteiger partial charge in [0.25, 0.3) is 0 Å². The second kappa shape index (κ2) is 9.01. The van der Waals surface area contributed by atoms with Gasteiger partial charge in [0, 0.05) is 12.6 Å². The molecule has 1 saturated heterocycles. The van der Waals surface area contributed by atoms with Gasteiger partial charge in [-0.2, -0.15) is 0 Å². The number of rotatable bonds is 7. The minimum absolute atomic E-state index is 0.726. The smallest absolute Gasteiger partial charge is 0.0165 e. The first kappa shape index (κ1) is 16.3. The number of nitrogens with one attached hydrogen (secondary N) is 1. The van der Waals surface area contributed by atoms with Gasteiger partial charge in [0.1, 0.15) is 0 Å². The molecule has 1 aromatic carbocycles. The van der Waals surface area contributed by atoms with Crippen molar-refractivity contribution >= 4 is 0 Å². The van der Waals surface area contributed by atoms with Gasteiger partial charge >= 0.3 is 0 Å². The Morgan fingerprint density at radius 2 is 1.90 bits per heavy atom. The molecular formula is C19H30N2. The van der Waals surface area contributed by atoms with Crippen molar-refractivity contribution in [2.75, 3.05) is 26.2 Å². The molecule has 0 spiro atoms. The monoisotopic (exact) mass is 286 g/mol. The molecule has 0 radical (unpaired) electrons. The summed E-state index contributed by atoms with van der Waals surface area (Å²) in [6.07, 6.45) is 7.35. The van der Waals surface area contributed by atoms with Crippen molar-refractivity contribution in [3.8, 4) is 0 Å². The molecule has 0 aromatic heterocycles. The number of hydrogen-bond acceptors (Lipinski definition) is 2. The van der Waals surface area contributed by atoms with Gasteiger partial charge in [-0.15, -0.1) is 0 Å². The molecule has 1 heterocycles. The van der Waals surface area contributed by atoms with Crippen molar-refractivity contribution in [3.05, 3.63) is 47.5 Å². The van der Waals surface area contributed by atoms with Crippen molar-refractivity contribution in [2.45, 2.75) is 45.6 Å². The second-order valence-electron chi connectivity index (χ2n) is 6.40. The van der Waals surface area contributed by atoms with Crippen LogP contribution in [-0.4, -0.2) is 37.1 Å². The first-order valence-electron chi connectivity index (χ1n) is 8.37. The Kier molecular flexibility index (Phi) is 6.98. The molecule has 0 amide bonds. The first-order valence-corrected chi connectivity index (χ1v) is 8.37. The third-order valence-electron chi connectivity index (χ3n) is 4.26. The lowest BCUT2D eigenvalue weighted by atomic mass is 10.0. The molecule has 0 unspecified atom stereocenters. The van der Waals surface area contributed by atoms with E-state index in [1.54, 1.807) is 0 Å². The number of benzene rings is 1. The lowest BCUT2D eigenvalue weighted by molar-refractivity contribution is 0.215. The maximum Gasteiger partial charge on any atom is 0.0165 e. The van der Waals surface area contributed by atoms with Crippen LogP contribution in [0.25, 0.3) is 0 Å². The first-order chi connectivity index (χ1) is 10.2. The molecule has 21 heavy (non-hydrogen) atoms. The Labute approximate surface area is 130 Å². The van der Waals surface area contributed by atoms with Gasteiger partial charge in [-0.3, -0.25) is 4.90 Å². The van der Waals surface area contributed by atoms with Gasteiger partial charge in [0.15, 0.2) is 0 Å². The third kappa shape index (κ3) is 6.45. The topological polar surface area (TPSA) is 15.3 Å². The van der Waals surface area contributed by atoms with E-state index in [2.05, 4.69) is 60.5 Å². The van der Waals surface area contributed by atoms with E-state index in [4.69, 9.17) is 0 Å². The van der Waals surface area contributed by atoms with Crippen LogP contribution in [0.5, 0.6) is 0 Å². The highest BCUT2D eigenvalue weighted by molar-refractivity contribution is 5.14. The molecule has 1 aromatic rings. The summed E-state index contributed by atoms with van der Waals surface area (Å²) in [6.45, 7) is 9.11. The number of aryl methyl sites for hydroxylation is 1. The average molecular weight is 286 g/mol. The summed E-state index contributed by atoms with van der Waals surface area (Å²) < 4.78 is 0. The summed E-state index contributed by atoms with van der Waals surface area (Å²) in [6, 6.07) is 11.5. The molecule has 0 atom stereocenters. The van der Waals surface area contributed by atoms with Crippen molar-refractivity contribution in [1.82, 2.24) is 10.2 Å². The van der Waals surface area contributed by atoms with Gasteiger partial charge in [-0.1, -0.05) is 42.0 Å². The fourth-order valence-corrected chi connectivity index (χ4v) is 2.87. The Balaban J connectivity index is 1.56. The fourth-order valence-electron chi connectivity index (χ4n) is 2.87. The zero-order valence-corrected chi connectivity index (χ0v) is 13.6. The molecular weight excluding hydrogens is 256 g/mol. The third-order valence-corrected chi connectivity index (χ3v) is 4.26. The molecule has 0 aliphatic carbocycles. The summed E-state index contributed by atoms with van der Waals surface area (Å²) in [5.74, 6) is 0. The van der Waals surface area contributed by atoms with E-state index < -0.39 is 0 Å². The van der Waals surface area contributed by atoms with E-state index in [1.165, 1.54) is 49.9 Å². The van der Waals surface area contributed by atoms with E-state index in [0.717, 1.165) is 19.1 Å². The van der Waals surface area contributed by atoms with Crippen LogP contribution in [0.3, 0.4) is 0 Å². The average Bonchev–Trinajstić information content (AvgIpc) is 2.52. The lowest BCUT2D eigenvalue weighted by Gasteiger charge is -2.31. The molecule has 1 N–H and O–H groups in total. The quantitative estimate of drug-likeness (QED) is 0.608. The number of allylic oxidation sites excluding steroid dienone is 1. The van der Waals surface area contributed by atoms with E-state index in [1.807, 2.05) is 0 Å². The van der Waals surface area contributed by atoms with E-state index in [-0.39, 0.29) is 0 Å². The molecule has 1 aliphatic heterocycles. The molecule has 1 aliphatic rings. The molecule has 2 rings (SSSR count). The largest absolute Gasteiger partial charge is 0.314 e. The molecule has 0 bridgehead atoms. The summed E-state index contributed by atoms with van der Waals surface area (Å²) in [5, 5.41) is 3.74. The normalized spacial score (nSPS) is 16.9. The molecule has 0 saturated carbocycles. The van der Waals surface area contributed by atoms with Crippen LogP contribution < -0.4 is 5.32 Å². The molecule has 116 valence electrons. The maximum absolute atomic E-state index is 3.74. The Morgan fingerprint density at radius 1 is 1.19 bits per heavy atom. The van der Waals surface area contributed by atoms with Crippen molar-refractivity contribution in [1.29, 1.82) is 0 Å². The van der Waals surface area contributed by atoms with Crippen LogP contribution in [0, 0.1) is 0 Å². The maximum atomic E-state index is 3.74. The number of likely N-dealkylation sites (tertiary alicyclic amines) is 1. The SMILES string of the molecule is CC(C)=CCN1CCC(NCCCc2ccccc2)CC1.